The topological polar surface area (TPSA) is 20.3 Å². The van der Waals surface area contributed by atoms with Crippen molar-refractivity contribution in [1.29, 1.82) is 0 Å². The molecule has 0 unspecified atom stereocenters. The molecular formula is C16H23NOS2. The number of nitrogens with zero attached hydrogens (tertiary/aromatic N) is 1. The maximum absolute atomic E-state index is 12.5. The van der Waals surface area contributed by atoms with Crippen LogP contribution in [-0.4, -0.2) is 35.4 Å². The zero-order valence-electron chi connectivity index (χ0n) is 12.3. The molecule has 0 N–H and O–H groups in total. The summed E-state index contributed by atoms with van der Waals surface area (Å²) >= 11 is 4.00. The average Bonchev–Trinajstić information content (AvgIpc) is 3.01. The van der Waals surface area contributed by atoms with Crippen LogP contribution >= 0.6 is 23.5 Å². The van der Waals surface area contributed by atoms with E-state index in [2.05, 4.69) is 26.0 Å². The Balaban J connectivity index is 2.05. The van der Waals surface area contributed by atoms with E-state index in [-0.39, 0.29) is 5.91 Å². The molecule has 1 amide bonds. The van der Waals surface area contributed by atoms with Crippen LogP contribution in [0.15, 0.2) is 24.3 Å². The van der Waals surface area contributed by atoms with Crippen molar-refractivity contribution in [2.45, 2.75) is 31.3 Å². The Morgan fingerprint density at radius 1 is 1.10 bits per heavy atom. The highest BCUT2D eigenvalue weighted by Crippen LogP contribution is 2.45. The number of hydrogen-bond acceptors (Lipinski definition) is 3. The third-order valence-corrected chi connectivity index (χ3v) is 6.43. The first-order chi connectivity index (χ1) is 9.76. The first-order valence-corrected chi connectivity index (χ1v) is 9.48. The zero-order chi connectivity index (χ0) is 14.4. The highest BCUT2D eigenvalue weighted by Gasteiger charge is 2.19. The van der Waals surface area contributed by atoms with E-state index in [1.54, 1.807) is 0 Å². The van der Waals surface area contributed by atoms with Crippen LogP contribution in [-0.2, 0) is 0 Å². The van der Waals surface area contributed by atoms with Crippen molar-refractivity contribution in [3.63, 3.8) is 0 Å². The predicted octanol–water partition coefficient (Wildman–Crippen LogP) is 4.43. The molecule has 0 saturated carbocycles. The van der Waals surface area contributed by atoms with Gasteiger partial charge in [0.1, 0.15) is 0 Å². The Morgan fingerprint density at radius 3 is 2.15 bits per heavy atom. The fourth-order valence-electron chi connectivity index (χ4n) is 2.37. The van der Waals surface area contributed by atoms with E-state index in [0.29, 0.717) is 4.58 Å². The molecule has 1 aromatic carbocycles. The molecular weight excluding hydrogens is 286 g/mol. The number of rotatable bonds is 6. The van der Waals surface area contributed by atoms with E-state index in [0.717, 1.165) is 31.5 Å². The second kappa shape index (κ2) is 7.99. The first kappa shape index (κ1) is 15.8. The van der Waals surface area contributed by atoms with E-state index in [4.69, 9.17) is 0 Å². The van der Waals surface area contributed by atoms with Crippen LogP contribution in [0, 0.1) is 0 Å². The lowest BCUT2D eigenvalue weighted by molar-refractivity contribution is 0.0755. The Labute approximate surface area is 130 Å². The van der Waals surface area contributed by atoms with E-state index in [9.17, 15) is 4.79 Å². The lowest BCUT2D eigenvalue weighted by Crippen LogP contribution is -2.32. The maximum atomic E-state index is 12.5. The Morgan fingerprint density at radius 2 is 1.65 bits per heavy atom. The number of thioether (sulfide) groups is 2. The molecule has 20 heavy (non-hydrogen) atoms. The summed E-state index contributed by atoms with van der Waals surface area (Å²) < 4.78 is 0.557. The average molecular weight is 310 g/mol. The highest BCUT2D eigenvalue weighted by molar-refractivity contribution is 8.19. The van der Waals surface area contributed by atoms with Crippen LogP contribution in [0.25, 0.3) is 0 Å². The SMILES string of the molecule is CCCN(CCC)C(=O)c1ccc(C2SCCS2)cc1. The molecule has 1 aliphatic heterocycles. The summed E-state index contributed by atoms with van der Waals surface area (Å²) in [4.78, 5) is 14.4. The molecule has 2 rings (SSSR count). The molecule has 0 radical (unpaired) electrons. The minimum atomic E-state index is 0.173. The van der Waals surface area contributed by atoms with Crippen molar-refractivity contribution in [3.05, 3.63) is 35.4 Å². The molecule has 1 aliphatic rings. The fraction of sp³-hybridized carbons (Fsp3) is 0.562. The van der Waals surface area contributed by atoms with E-state index < -0.39 is 0 Å². The molecule has 4 heteroatoms. The monoisotopic (exact) mass is 309 g/mol. The highest BCUT2D eigenvalue weighted by atomic mass is 32.2. The van der Waals surface area contributed by atoms with Crippen molar-refractivity contribution in [3.8, 4) is 0 Å². The van der Waals surface area contributed by atoms with Crippen molar-refractivity contribution >= 4 is 29.4 Å². The van der Waals surface area contributed by atoms with Gasteiger partial charge in [0.2, 0.25) is 0 Å². The van der Waals surface area contributed by atoms with Crippen molar-refractivity contribution in [1.82, 2.24) is 4.90 Å². The zero-order valence-corrected chi connectivity index (χ0v) is 13.9. The summed E-state index contributed by atoms with van der Waals surface area (Å²) in [5, 5.41) is 0. The third-order valence-electron chi connectivity index (χ3n) is 3.33. The second-order valence-electron chi connectivity index (χ2n) is 4.99. The van der Waals surface area contributed by atoms with Crippen LogP contribution in [0.4, 0.5) is 0 Å². The molecule has 0 spiro atoms. The quantitative estimate of drug-likeness (QED) is 0.775. The van der Waals surface area contributed by atoms with Gasteiger partial charge in [-0.05, 0) is 30.5 Å². The predicted molar refractivity (Wildman–Crippen MR) is 90.6 cm³/mol. The minimum absolute atomic E-state index is 0.173. The van der Waals surface area contributed by atoms with Crippen LogP contribution in [0.2, 0.25) is 0 Å². The van der Waals surface area contributed by atoms with Crippen molar-refractivity contribution in [2.75, 3.05) is 24.6 Å². The third kappa shape index (κ3) is 3.95. The van der Waals surface area contributed by atoms with Crippen molar-refractivity contribution < 1.29 is 4.79 Å². The molecule has 1 heterocycles. The Bertz CT molecular complexity index is 421. The lowest BCUT2D eigenvalue weighted by Gasteiger charge is -2.21. The molecule has 1 saturated heterocycles. The molecule has 110 valence electrons. The second-order valence-corrected chi connectivity index (χ2v) is 7.71. The number of carbonyl (C=O) groups excluding carboxylic acids is 1. The van der Waals surface area contributed by atoms with Gasteiger partial charge in [-0.25, -0.2) is 0 Å². The molecule has 2 nitrogen and oxygen atoms in total. The summed E-state index contributed by atoms with van der Waals surface area (Å²) in [5.74, 6) is 2.64. The van der Waals surface area contributed by atoms with E-state index >= 15 is 0 Å². The first-order valence-electron chi connectivity index (χ1n) is 7.38. The lowest BCUT2D eigenvalue weighted by atomic mass is 10.1. The molecule has 1 aromatic rings. The Kier molecular flexibility index (Phi) is 6.30. The maximum Gasteiger partial charge on any atom is 0.253 e. The summed E-state index contributed by atoms with van der Waals surface area (Å²) in [6, 6.07) is 8.24. The van der Waals surface area contributed by atoms with Gasteiger partial charge in [0.05, 0.1) is 4.58 Å². The van der Waals surface area contributed by atoms with Crippen LogP contribution in [0.5, 0.6) is 0 Å². The number of amides is 1. The van der Waals surface area contributed by atoms with Crippen molar-refractivity contribution in [2.24, 2.45) is 0 Å². The van der Waals surface area contributed by atoms with E-state index in [1.807, 2.05) is 40.6 Å². The number of benzene rings is 1. The molecule has 1 fully saturated rings. The van der Waals surface area contributed by atoms with E-state index in [1.165, 1.54) is 17.1 Å². The van der Waals surface area contributed by atoms with Gasteiger partial charge in [-0.3, -0.25) is 4.79 Å². The fourth-order valence-corrected chi connectivity index (χ4v) is 5.23. The van der Waals surface area contributed by atoms with Gasteiger partial charge in [-0.1, -0.05) is 26.0 Å². The molecule has 0 atom stereocenters. The van der Waals surface area contributed by atoms with Gasteiger partial charge < -0.3 is 4.90 Å². The summed E-state index contributed by atoms with van der Waals surface area (Å²) in [5.41, 5.74) is 2.16. The Hall–Kier alpha value is -0.610. The van der Waals surface area contributed by atoms with Crippen LogP contribution in [0.1, 0.15) is 47.2 Å². The minimum Gasteiger partial charge on any atom is -0.339 e. The van der Waals surface area contributed by atoms with Gasteiger partial charge in [-0.2, -0.15) is 0 Å². The smallest absolute Gasteiger partial charge is 0.253 e. The van der Waals surface area contributed by atoms with Crippen LogP contribution in [0.3, 0.4) is 0 Å². The normalized spacial score (nSPS) is 15.5. The standard InChI is InChI=1S/C16H23NOS2/c1-3-9-17(10-4-2)15(18)13-5-7-14(8-6-13)16-19-11-12-20-16/h5-8,16H,3-4,9-12H2,1-2H3. The van der Waals surface area contributed by atoms with Gasteiger partial charge in [0.25, 0.3) is 5.91 Å². The summed E-state index contributed by atoms with van der Waals surface area (Å²) in [6.45, 7) is 5.94. The summed E-state index contributed by atoms with van der Waals surface area (Å²) in [7, 11) is 0. The molecule has 0 aliphatic carbocycles. The van der Waals surface area contributed by atoms with Gasteiger partial charge in [-0.15, -0.1) is 23.5 Å². The molecule has 0 bridgehead atoms. The van der Waals surface area contributed by atoms with Gasteiger partial charge in [0, 0.05) is 30.2 Å². The van der Waals surface area contributed by atoms with Crippen LogP contribution < -0.4 is 0 Å². The van der Waals surface area contributed by atoms with Gasteiger partial charge in [0.15, 0.2) is 0 Å². The largest absolute Gasteiger partial charge is 0.339 e. The number of hydrogen-bond donors (Lipinski definition) is 0. The summed E-state index contributed by atoms with van der Waals surface area (Å²) in [6.07, 6.45) is 2.03. The van der Waals surface area contributed by atoms with Gasteiger partial charge >= 0.3 is 0 Å². The molecule has 0 aromatic heterocycles. The number of carbonyl (C=O) groups is 1.